The lowest BCUT2D eigenvalue weighted by molar-refractivity contribution is 0.482. The number of allylic oxidation sites excluding steroid dienone is 1. The van der Waals surface area contributed by atoms with Crippen LogP contribution in [0.5, 0.6) is 0 Å². The molecule has 0 spiro atoms. The third kappa shape index (κ3) is 2.35. The second kappa shape index (κ2) is 5.41. The standard InChI is InChI=1S/C18H12FNO2/c1-11-7-3-4-8-13(11)16(12(2)19)17-20-15-10-6-5-9-14(15)18(21)22-17/h3-10H,1-2H2/b16-13+. The Morgan fingerprint density at radius 3 is 2.50 bits per heavy atom. The first-order valence-electron chi connectivity index (χ1n) is 6.61. The van der Waals surface area contributed by atoms with Crippen LogP contribution in [-0.4, -0.2) is 4.98 Å². The molecule has 0 saturated carbocycles. The van der Waals surface area contributed by atoms with Crippen LogP contribution in [0.1, 0.15) is 5.89 Å². The van der Waals surface area contributed by atoms with Crippen LogP contribution in [0.15, 0.2) is 70.1 Å². The van der Waals surface area contributed by atoms with Crippen LogP contribution in [-0.2, 0) is 0 Å². The first-order chi connectivity index (χ1) is 10.6. The molecule has 3 rings (SSSR count). The smallest absolute Gasteiger partial charge is 0.347 e. The van der Waals surface area contributed by atoms with Gasteiger partial charge in [-0.05, 0) is 22.6 Å². The van der Waals surface area contributed by atoms with Gasteiger partial charge < -0.3 is 4.42 Å². The predicted molar refractivity (Wildman–Crippen MR) is 84.3 cm³/mol. The normalized spacial score (nSPS) is 12.2. The van der Waals surface area contributed by atoms with E-state index in [1.165, 1.54) is 0 Å². The highest BCUT2D eigenvalue weighted by molar-refractivity contribution is 5.79. The Kier molecular flexibility index (Phi) is 3.43. The molecular formula is C18H12FNO2. The largest absolute Gasteiger partial charge is 0.403 e. The molecule has 0 aliphatic heterocycles. The topological polar surface area (TPSA) is 43.1 Å². The van der Waals surface area contributed by atoms with Crippen molar-refractivity contribution in [2.75, 3.05) is 0 Å². The molecule has 0 saturated heterocycles. The Morgan fingerprint density at radius 1 is 1.09 bits per heavy atom. The molecule has 0 radical (unpaired) electrons. The Morgan fingerprint density at radius 2 is 1.77 bits per heavy atom. The predicted octanol–water partition coefficient (Wildman–Crippen LogP) is 2.28. The molecule has 1 heterocycles. The summed E-state index contributed by atoms with van der Waals surface area (Å²) in [7, 11) is 0. The fourth-order valence-corrected chi connectivity index (χ4v) is 2.27. The van der Waals surface area contributed by atoms with Crippen molar-refractivity contribution in [3.63, 3.8) is 0 Å². The summed E-state index contributed by atoms with van der Waals surface area (Å²) in [6.07, 6.45) is 0. The van der Waals surface area contributed by atoms with Crippen LogP contribution in [0.25, 0.3) is 23.1 Å². The number of benzene rings is 2. The van der Waals surface area contributed by atoms with Gasteiger partial charge >= 0.3 is 5.63 Å². The number of nitrogens with zero attached hydrogens (tertiary/aromatic N) is 1. The number of aromatic nitrogens is 1. The second-order valence-electron chi connectivity index (χ2n) is 4.76. The molecule has 0 atom stereocenters. The van der Waals surface area contributed by atoms with E-state index in [1.54, 1.807) is 48.5 Å². The minimum atomic E-state index is -0.734. The van der Waals surface area contributed by atoms with Crippen LogP contribution in [0.2, 0.25) is 0 Å². The minimum absolute atomic E-state index is 0.0356. The van der Waals surface area contributed by atoms with E-state index in [0.29, 0.717) is 21.3 Å². The monoisotopic (exact) mass is 293 g/mol. The average Bonchev–Trinajstić information content (AvgIpc) is 2.49. The van der Waals surface area contributed by atoms with Crippen molar-refractivity contribution in [1.29, 1.82) is 0 Å². The summed E-state index contributed by atoms with van der Waals surface area (Å²) in [6.45, 7) is 7.18. The van der Waals surface area contributed by atoms with Gasteiger partial charge in [-0.3, -0.25) is 0 Å². The molecule has 3 aromatic rings. The summed E-state index contributed by atoms with van der Waals surface area (Å²) in [5, 5.41) is 1.42. The number of halogens is 1. The van der Waals surface area contributed by atoms with Crippen LogP contribution in [0.3, 0.4) is 0 Å². The molecular weight excluding hydrogens is 281 g/mol. The van der Waals surface area contributed by atoms with Gasteiger partial charge in [0.25, 0.3) is 0 Å². The second-order valence-corrected chi connectivity index (χ2v) is 4.76. The van der Waals surface area contributed by atoms with E-state index in [1.807, 2.05) is 0 Å². The Balaban J connectivity index is 2.45. The third-order valence-electron chi connectivity index (χ3n) is 3.31. The first kappa shape index (κ1) is 13.9. The van der Waals surface area contributed by atoms with Crippen molar-refractivity contribution in [2.45, 2.75) is 0 Å². The summed E-state index contributed by atoms with van der Waals surface area (Å²) >= 11 is 0. The van der Waals surface area contributed by atoms with Gasteiger partial charge in [0, 0.05) is 0 Å². The van der Waals surface area contributed by atoms with E-state index < -0.39 is 11.5 Å². The first-order valence-corrected chi connectivity index (χ1v) is 6.61. The molecule has 0 aliphatic carbocycles. The van der Waals surface area contributed by atoms with Crippen LogP contribution >= 0.6 is 0 Å². The fourth-order valence-electron chi connectivity index (χ4n) is 2.27. The highest BCUT2D eigenvalue weighted by Crippen LogP contribution is 2.18. The molecule has 0 amide bonds. The van der Waals surface area contributed by atoms with Gasteiger partial charge in [-0.25, -0.2) is 14.2 Å². The van der Waals surface area contributed by atoms with Crippen molar-refractivity contribution in [2.24, 2.45) is 0 Å². The van der Waals surface area contributed by atoms with E-state index in [-0.39, 0.29) is 11.5 Å². The zero-order valence-corrected chi connectivity index (χ0v) is 11.7. The van der Waals surface area contributed by atoms with E-state index in [9.17, 15) is 9.18 Å². The van der Waals surface area contributed by atoms with Gasteiger partial charge in [0.1, 0.15) is 5.83 Å². The maximum atomic E-state index is 14.0. The SMILES string of the molecule is C=C(F)/C(c1nc2ccccc2c(=O)o1)=c1/ccccc1=C. The molecule has 0 unspecified atom stereocenters. The number of fused-ring (bicyclic) bond motifs is 1. The van der Waals surface area contributed by atoms with Gasteiger partial charge in [0.05, 0.1) is 16.5 Å². The average molecular weight is 293 g/mol. The Labute approximate surface area is 125 Å². The molecule has 1 aromatic heterocycles. The highest BCUT2D eigenvalue weighted by Gasteiger charge is 2.14. The Bertz CT molecular complexity index is 1050. The molecule has 0 bridgehead atoms. The quantitative estimate of drug-likeness (QED) is 0.728. The van der Waals surface area contributed by atoms with E-state index in [4.69, 9.17) is 4.42 Å². The molecule has 3 nitrogen and oxygen atoms in total. The minimum Gasteiger partial charge on any atom is -0.403 e. The zero-order valence-electron chi connectivity index (χ0n) is 11.7. The lowest BCUT2D eigenvalue weighted by atomic mass is 10.1. The summed E-state index contributed by atoms with van der Waals surface area (Å²) in [4.78, 5) is 16.3. The van der Waals surface area contributed by atoms with Crippen molar-refractivity contribution < 1.29 is 8.81 Å². The van der Waals surface area contributed by atoms with E-state index >= 15 is 0 Å². The zero-order chi connectivity index (χ0) is 15.7. The number of hydrogen-bond donors (Lipinski definition) is 0. The van der Waals surface area contributed by atoms with Crippen LogP contribution < -0.4 is 16.1 Å². The molecule has 0 N–H and O–H groups in total. The third-order valence-corrected chi connectivity index (χ3v) is 3.31. The number of para-hydroxylation sites is 1. The molecule has 2 aromatic carbocycles. The maximum Gasteiger partial charge on any atom is 0.347 e. The van der Waals surface area contributed by atoms with Gasteiger partial charge in [-0.15, -0.1) is 0 Å². The fraction of sp³-hybridized carbons (Fsp3) is 0. The van der Waals surface area contributed by atoms with Crippen LogP contribution in [0, 0.1) is 0 Å². The summed E-state index contributed by atoms with van der Waals surface area (Å²) in [5.74, 6) is -0.839. The molecule has 108 valence electrons. The molecule has 22 heavy (non-hydrogen) atoms. The van der Waals surface area contributed by atoms with Gasteiger partial charge in [-0.1, -0.05) is 49.6 Å². The van der Waals surface area contributed by atoms with Gasteiger partial charge in [0.15, 0.2) is 0 Å². The summed E-state index contributed by atoms with van der Waals surface area (Å²) in [6, 6.07) is 13.7. The highest BCUT2D eigenvalue weighted by atomic mass is 19.1. The van der Waals surface area contributed by atoms with E-state index in [2.05, 4.69) is 18.1 Å². The lowest BCUT2D eigenvalue weighted by Gasteiger charge is -2.04. The summed E-state index contributed by atoms with van der Waals surface area (Å²) in [5.41, 5.74) is -0.0941. The number of rotatable bonds is 2. The summed E-state index contributed by atoms with van der Waals surface area (Å²) < 4.78 is 19.2. The lowest BCUT2D eigenvalue weighted by Crippen LogP contribution is -2.26. The molecule has 4 heteroatoms. The van der Waals surface area contributed by atoms with Crippen molar-refractivity contribution >= 4 is 23.1 Å². The van der Waals surface area contributed by atoms with Crippen LogP contribution in [0.4, 0.5) is 4.39 Å². The maximum absolute atomic E-state index is 14.0. The number of hydrogen-bond acceptors (Lipinski definition) is 3. The van der Waals surface area contributed by atoms with Crippen molar-refractivity contribution in [3.05, 3.63) is 87.7 Å². The van der Waals surface area contributed by atoms with E-state index in [0.717, 1.165) is 0 Å². The van der Waals surface area contributed by atoms with Gasteiger partial charge in [-0.2, -0.15) is 0 Å². The van der Waals surface area contributed by atoms with Crippen molar-refractivity contribution in [3.8, 4) is 0 Å². The molecule has 0 fully saturated rings. The van der Waals surface area contributed by atoms with Crippen molar-refractivity contribution in [1.82, 2.24) is 4.98 Å². The van der Waals surface area contributed by atoms with Gasteiger partial charge in [0.2, 0.25) is 5.89 Å². The Hall–Kier alpha value is -3.01. The molecule has 0 aliphatic rings.